The molecule has 3 N–H and O–H groups in total. The summed E-state index contributed by atoms with van der Waals surface area (Å²) in [5, 5.41) is 22.3. The number of rotatable bonds is 6. The van der Waals surface area contributed by atoms with Crippen LogP contribution in [0, 0.1) is 52.3 Å². The molecule has 202 valence electrons. The van der Waals surface area contributed by atoms with Crippen LogP contribution >= 0.6 is 0 Å². The Morgan fingerprint density at radius 2 is 1.64 bits per heavy atom. The molecule has 1 aromatic carbocycles. The molecule has 6 heteroatoms. The van der Waals surface area contributed by atoms with Gasteiger partial charge in [0.25, 0.3) is 0 Å². The minimum atomic E-state index is -3.51. The van der Waals surface area contributed by atoms with Crippen molar-refractivity contribution in [2.75, 3.05) is 6.54 Å². The third-order valence-electron chi connectivity index (χ3n) is 11.8. The molecule has 0 bridgehead atoms. The van der Waals surface area contributed by atoms with E-state index in [1.165, 1.54) is 0 Å². The summed E-state index contributed by atoms with van der Waals surface area (Å²) < 4.78 is 28.6. The maximum Gasteiger partial charge on any atom is 0.240 e. The lowest BCUT2D eigenvalue weighted by molar-refractivity contribution is -0.203. The summed E-state index contributed by atoms with van der Waals surface area (Å²) >= 11 is 0. The highest BCUT2D eigenvalue weighted by Gasteiger charge is 2.64. The van der Waals surface area contributed by atoms with Crippen LogP contribution in [0.3, 0.4) is 0 Å². The van der Waals surface area contributed by atoms with Crippen LogP contribution in [0.15, 0.2) is 35.2 Å². The van der Waals surface area contributed by atoms with Crippen LogP contribution in [0.4, 0.5) is 0 Å². The molecule has 11 atom stereocenters. The van der Waals surface area contributed by atoms with Crippen LogP contribution in [0.2, 0.25) is 0 Å². The number of hydrogen-bond acceptors (Lipinski definition) is 4. The summed E-state index contributed by atoms with van der Waals surface area (Å²) in [7, 11) is -3.51. The van der Waals surface area contributed by atoms with Gasteiger partial charge in [-0.3, -0.25) is 0 Å². The molecule has 1 aromatic rings. The Balaban J connectivity index is 1.35. The lowest BCUT2D eigenvalue weighted by atomic mass is 9.41. The summed E-state index contributed by atoms with van der Waals surface area (Å²) in [6.45, 7) is 9.81. The normalized spacial score (nSPS) is 45.4. The Morgan fingerprint density at radius 3 is 2.33 bits per heavy atom. The van der Waals surface area contributed by atoms with Crippen molar-refractivity contribution in [1.29, 1.82) is 0 Å². The standard InChI is InChI=1S/C30H47NO4S/c1-5-22-26-17-20(32)13-15-30(26,4)25-14-16-29(3)23(11-12-24(29)27(25)28(22)33)19(2)18-31-36(34,35)21-9-7-6-8-10-21/h6-10,19-20,22-28,31-33H,5,11-18H2,1-4H3/t19-,20-,22-,23?,24+,25+,26?,27+,28-,29?,30?/m1/s1. The molecule has 4 aliphatic rings. The second-order valence-electron chi connectivity index (χ2n) is 13.3. The molecule has 4 aliphatic carbocycles. The predicted molar refractivity (Wildman–Crippen MR) is 143 cm³/mol. The molecule has 0 aromatic heterocycles. The van der Waals surface area contributed by atoms with Crippen molar-refractivity contribution in [2.45, 2.75) is 96.2 Å². The van der Waals surface area contributed by atoms with Crippen molar-refractivity contribution in [3.05, 3.63) is 30.3 Å². The molecule has 4 fully saturated rings. The fraction of sp³-hybridized carbons (Fsp3) is 0.800. The average molecular weight is 518 g/mol. The van der Waals surface area contributed by atoms with Gasteiger partial charge in [-0.25, -0.2) is 13.1 Å². The first-order valence-corrected chi connectivity index (χ1v) is 15.9. The third-order valence-corrected chi connectivity index (χ3v) is 13.2. The Morgan fingerprint density at radius 1 is 0.972 bits per heavy atom. The van der Waals surface area contributed by atoms with Crippen LogP contribution in [-0.2, 0) is 10.0 Å². The van der Waals surface area contributed by atoms with Gasteiger partial charge >= 0.3 is 0 Å². The van der Waals surface area contributed by atoms with E-state index in [9.17, 15) is 18.6 Å². The number of aliphatic hydroxyl groups excluding tert-OH is 2. The molecule has 0 spiro atoms. The Hall–Kier alpha value is -0.950. The summed E-state index contributed by atoms with van der Waals surface area (Å²) in [5.74, 6) is 2.71. The molecular weight excluding hydrogens is 470 g/mol. The number of aliphatic hydroxyl groups is 2. The highest BCUT2D eigenvalue weighted by molar-refractivity contribution is 7.89. The van der Waals surface area contributed by atoms with Gasteiger partial charge in [0.1, 0.15) is 0 Å². The highest BCUT2D eigenvalue weighted by Crippen LogP contribution is 2.69. The molecule has 0 saturated heterocycles. The molecule has 4 unspecified atom stereocenters. The van der Waals surface area contributed by atoms with E-state index < -0.39 is 10.0 Å². The van der Waals surface area contributed by atoms with Gasteiger partial charge in [0.15, 0.2) is 0 Å². The second-order valence-corrected chi connectivity index (χ2v) is 15.0. The molecule has 4 saturated carbocycles. The molecule has 5 rings (SSSR count). The van der Waals surface area contributed by atoms with Crippen LogP contribution in [-0.4, -0.2) is 37.4 Å². The molecule has 0 heterocycles. The quantitative estimate of drug-likeness (QED) is 0.482. The van der Waals surface area contributed by atoms with Crippen molar-refractivity contribution >= 4 is 10.0 Å². The van der Waals surface area contributed by atoms with Gasteiger partial charge in [0.2, 0.25) is 10.0 Å². The molecule has 0 aliphatic heterocycles. The van der Waals surface area contributed by atoms with Gasteiger partial charge in [-0.15, -0.1) is 0 Å². The van der Waals surface area contributed by atoms with Gasteiger partial charge in [-0.2, -0.15) is 0 Å². The van der Waals surface area contributed by atoms with Crippen LogP contribution in [0.1, 0.15) is 79.1 Å². The molecular formula is C30H47NO4S. The van der Waals surface area contributed by atoms with E-state index >= 15 is 0 Å². The van der Waals surface area contributed by atoms with Crippen LogP contribution < -0.4 is 4.72 Å². The summed E-state index contributed by atoms with van der Waals surface area (Å²) in [6, 6.07) is 8.65. The Bertz CT molecular complexity index is 1030. The summed E-state index contributed by atoms with van der Waals surface area (Å²) in [6.07, 6.45) is 7.83. The zero-order chi connectivity index (χ0) is 25.9. The fourth-order valence-corrected chi connectivity index (χ4v) is 11.2. The van der Waals surface area contributed by atoms with Gasteiger partial charge in [-0.05, 0) is 109 Å². The SMILES string of the molecule is CC[C@@H]1C2C[C@H](O)CCC2(C)[C@H]2CCC3(C)C([C@H](C)CNS(=O)(=O)c4ccccc4)CC[C@H]3[C@@H]2[C@@H]1O. The maximum absolute atomic E-state index is 12.8. The van der Waals surface area contributed by atoms with Crippen molar-refractivity contribution in [2.24, 2.45) is 52.3 Å². The number of hydrogen-bond donors (Lipinski definition) is 3. The van der Waals surface area contributed by atoms with Gasteiger partial charge in [-0.1, -0.05) is 52.3 Å². The smallest absolute Gasteiger partial charge is 0.240 e. The zero-order valence-corrected chi connectivity index (χ0v) is 23.4. The number of nitrogens with one attached hydrogen (secondary N) is 1. The van der Waals surface area contributed by atoms with Gasteiger partial charge in [0, 0.05) is 6.54 Å². The summed E-state index contributed by atoms with van der Waals surface area (Å²) in [5.41, 5.74) is 0.343. The lowest BCUT2D eigenvalue weighted by Crippen LogP contribution is -2.62. The molecule has 0 amide bonds. The third kappa shape index (κ3) is 4.19. The zero-order valence-electron chi connectivity index (χ0n) is 22.6. The first-order chi connectivity index (χ1) is 17.0. The van der Waals surface area contributed by atoms with Crippen molar-refractivity contribution < 1.29 is 18.6 Å². The van der Waals surface area contributed by atoms with Crippen molar-refractivity contribution in [3.63, 3.8) is 0 Å². The first-order valence-electron chi connectivity index (χ1n) is 14.4. The minimum Gasteiger partial charge on any atom is -0.393 e. The van der Waals surface area contributed by atoms with E-state index in [0.717, 1.165) is 51.4 Å². The molecule has 5 nitrogen and oxygen atoms in total. The topological polar surface area (TPSA) is 86.6 Å². The van der Waals surface area contributed by atoms with Crippen molar-refractivity contribution in [3.8, 4) is 0 Å². The van der Waals surface area contributed by atoms with Crippen LogP contribution in [0.5, 0.6) is 0 Å². The number of benzene rings is 1. The van der Waals surface area contributed by atoms with E-state index in [0.29, 0.717) is 41.0 Å². The van der Waals surface area contributed by atoms with Gasteiger partial charge < -0.3 is 10.2 Å². The van der Waals surface area contributed by atoms with E-state index in [4.69, 9.17) is 0 Å². The first kappa shape index (κ1) is 26.6. The summed E-state index contributed by atoms with van der Waals surface area (Å²) in [4.78, 5) is 0.324. The van der Waals surface area contributed by atoms with Crippen LogP contribution in [0.25, 0.3) is 0 Å². The van der Waals surface area contributed by atoms with Gasteiger partial charge in [0.05, 0.1) is 17.1 Å². The highest BCUT2D eigenvalue weighted by atomic mass is 32.2. The van der Waals surface area contributed by atoms with E-state index in [1.807, 2.05) is 6.07 Å². The minimum absolute atomic E-state index is 0.134. The van der Waals surface area contributed by atoms with Crippen molar-refractivity contribution in [1.82, 2.24) is 4.72 Å². The van der Waals surface area contributed by atoms with E-state index in [1.54, 1.807) is 24.3 Å². The number of sulfonamides is 1. The largest absolute Gasteiger partial charge is 0.393 e. The maximum atomic E-state index is 12.8. The molecule has 0 radical (unpaired) electrons. The lowest BCUT2D eigenvalue weighted by Gasteiger charge is -2.64. The molecule has 36 heavy (non-hydrogen) atoms. The Labute approximate surface area is 218 Å². The van der Waals surface area contributed by atoms with E-state index in [2.05, 4.69) is 32.4 Å². The average Bonchev–Trinajstić information content (AvgIpc) is 3.22. The fourth-order valence-electron chi connectivity index (χ4n) is 10.00. The number of fused-ring (bicyclic) bond motifs is 5. The Kier molecular flexibility index (Phi) is 7.15. The predicted octanol–water partition coefficient (Wildman–Crippen LogP) is 5.23. The van der Waals surface area contributed by atoms with E-state index in [-0.39, 0.29) is 34.9 Å². The monoisotopic (exact) mass is 517 g/mol. The second kappa shape index (κ2) is 9.66.